The number of hydrogen-bond donors (Lipinski definition) is 1. The molecule has 6 heteroatoms. The van der Waals surface area contributed by atoms with Crippen LogP contribution in [-0.4, -0.2) is 20.3 Å². The smallest absolute Gasteiger partial charge is 0.242 e. The summed E-state index contributed by atoms with van der Waals surface area (Å²) in [5.74, 6) is -0.0435. The minimum absolute atomic E-state index is 0.0250. The van der Waals surface area contributed by atoms with Crippen molar-refractivity contribution in [3.63, 3.8) is 0 Å². The number of carbonyl (C=O) groups excluding carboxylic acids is 1. The number of aromatic nitrogens is 3. The van der Waals surface area contributed by atoms with Crippen LogP contribution in [0.5, 0.6) is 0 Å². The Labute approximate surface area is 126 Å². The van der Waals surface area contributed by atoms with E-state index in [1.54, 1.807) is 22.2 Å². The molecular weight excluding hydrogens is 284 g/mol. The van der Waals surface area contributed by atoms with Crippen molar-refractivity contribution in [1.29, 1.82) is 0 Å². The summed E-state index contributed by atoms with van der Waals surface area (Å²) in [6, 6.07) is 7.93. The molecule has 0 radical (unpaired) electrons. The summed E-state index contributed by atoms with van der Waals surface area (Å²) in [6.07, 6.45) is 7.49. The molecule has 0 unspecified atom stereocenters. The normalized spacial score (nSPS) is 12.2. The second-order valence-corrected chi connectivity index (χ2v) is 5.77. The van der Waals surface area contributed by atoms with Crippen LogP contribution >= 0.6 is 11.3 Å². The van der Waals surface area contributed by atoms with Crippen molar-refractivity contribution in [3.05, 3.63) is 59.3 Å². The van der Waals surface area contributed by atoms with E-state index in [-0.39, 0.29) is 18.5 Å². The van der Waals surface area contributed by atoms with Crippen molar-refractivity contribution >= 4 is 17.2 Å². The highest BCUT2D eigenvalue weighted by molar-refractivity contribution is 7.10. The van der Waals surface area contributed by atoms with Gasteiger partial charge in [-0.2, -0.15) is 5.10 Å². The van der Waals surface area contributed by atoms with Gasteiger partial charge in [-0.1, -0.05) is 6.07 Å². The van der Waals surface area contributed by atoms with Gasteiger partial charge in [0.25, 0.3) is 0 Å². The second kappa shape index (κ2) is 5.97. The summed E-state index contributed by atoms with van der Waals surface area (Å²) in [6.45, 7) is 2.20. The molecule has 1 amide bonds. The van der Waals surface area contributed by atoms with E-state index in [2.05, 4.69) is 10.4 Å². The zero-order valence-electron chi connectivity index (χ0n) is 11.6. The molecule has 0 saturated heterocycles. The zero-order chi connectivity index (χ0) is 14.7. The van der Waals surface area contributed by atoms with E-state index in [1.165, 1.54) is 0 Å². The Morgan fingerprint density at radius 1 is 1.38 bits per heavy atom. The van der Waals surface area contributed by atoms with Gasteiger partial charge in [-0.15, -0.1) is 11.3 Å². The van der Waals surface area contributed by atoms with Crippen LogP contribution in [0, 0.1) is 0 Å². The van der Waals surface area contributed by atoms with Gasteiger partial charge < -0.3 is 9.88 Å². The number of hydrogen-bond acceptors (Lipinski definition) is 3. The molecule has 1 N–H and O–H groups in total. The van der Waals surface area contributed by atoms with Crippen molar-refractivity contribution in [1.82, 2.24) is 19.7 Å². The lowest BCUT2D eigenvalue weighted by molar-refractivity contribution is -0.122. The largest absolute Gasteiger partial charge is 0.347 e. The molecule has 0 aromatic carbocycles. The van der Waals surface area contributed by atoms with Gasteiger partial charge >= 0.3 is 0 Å². The minimum Gasteiger partial charge on any atom is -0.347 e. The molecule has 3 aromatic rings. The molecule has 108 valence electrons. The van der Waals surface area contributed by atoms with E-state index < -0.39 is 0 Å². The van der Waals surface area contributed by atoms with Gasteiger partial charge in [-0.25, -0.2) is 0 Å². The van der Waals surface area contributed by atoms with E-state index in [0.29, 0.717) is 0 Å². The summed E-state index contributed by atoms with van der Waals surface area (Å²) in [7, 11) is 0. The number of thiophene rings is 1. The molecule has 0 aliphatic heterocycles. The molecule has 0 saturated carbocycles. The number of nitrogens with zero attached hydrogens (tertiary/aromatic N) is 3. The van der Waals surface area contributed by atoms with Crippen LogP contribution in [0.4, 0.5) is 0 Å². The lowest BCUT2D eigenvalue weighted by Crippen LogP contribution is -2.29. The number of nitrogens with one attached hydrogen (secondary N) is 1. The van der Waals surface area contributed by atoms with Gasteiger partial charge in [0, 0.05) is 23.5 Å². The first-order valence-corrected chi connectivity index (χ1v) is 7.59. The monoisotopic (exact) mass is 300 g/mol. The van der Waals surface area contributed by atoms with Crippen molar-refractivity contribution in [2.24, 2.45) is 0 Å². The quantitative estimate of drug-likeness (QED) is 0.787. The van der Waals surface area contributed by atoms with E-state index in [4.69, 9.17) is 0 Å². The Kier molecular flexibility index (Phi) is 3.87. The van der Waals surface area contributed by atoms with Crippen LogP contribution in [0.15, 0.2) is 54.4 Å². The maximum atomic E-state index is 12.0. The predicted octanol–water partition coefficient (Wildman–Crippen LogP) is 2.61. The number of amides is 1. The standard InChI is InChI=1S/C15H16N4OS/c1-12(14-5-4-8-21-14)17-15(20)11-19-10-13(9-16-19)18-6-2-3-7-18/h2-10,12H,11H2,1H3,(H,17,20)/t12-/m0/s1. The molecule has 3 rings (SSSR count). The Morgan fingerprint density at radius 2 is 2.19 bits per heavy atom. The van der Waals surface area contributed by atoms with Crippen molar-refractivity contribution in [3.8, 4) is 5.69 Å². The lowest BCUT2D eigenvalue weighted by Gasteiger charge is -2.12. The third kappa shape index (κ3) is 3.22. The van der Waals surface area contributed by atoms with Gasteiger partial charge in [0.15, 0.2) is 0 Å². The SMILES string of the molecule is C[C@H](NC(=O)Cn1cc(-n2cccc2)cn1)c1cccs1. The van der Waals surface area contributed by atoms with Crippen molar-refractivity contribution in [2.45, 2.75) is 19.5 Å². The van der Waals surface area contributed by atoms with E-state index >= 15 is 0 Å². The third-order valence-corrected chi connectivity index (χ3v) is 4.23. The Balaban J connectivity index is 1.60. The first-order valence-electron chi connectivity index (χ1n) is 6.71. The molecule has 0 fully saturated rings. The van der Waals surface area contributed by atoms with Crippen LogP contribution < -0.4 is 5.32 Å². The highest BCUT2D eigenvalue weighted by atomic mass is 32.1. The van der Waals surface area contributed by atoms with Gasteiger partial charge in [0.1, 0.15) is 6.54 Å². The minimum atomic E-state index is -0.0435. The fourth-order valence-corrected chi connectivity index (χ4v) is 2.86. The maximum absolute atomic E-state index is 12.0. The Bertz CT molecular complexity index is 700. The van der Waals surface area contributed by atoms with E-state index in [1.807, 2.05) is 59.7 Å². The Morgan fingerprint density at radius 3 is 2.90 bits per heavy atom. The lowest BCUT2D eigenvalue weighted by atomic mass is 10.3. The first-order chi connectivity index (χ1) is 10.2. The predicted molar refractivity (Wildman–Crippen MR) is 82.4 cm³/mol. The summed E-state index contributed by atoms with van der Waals surface area (Å²) in [4.78, 5) is 13.2. The molecule has 21 heavy (non-hydrogen) atoms. The van der Waals surface area contributed by atoms with E-state index in [9.17, 15) is 4.79 Å². The average Bonchev–Trinajstić information content (AvgIpc) is 3.21. The van der Waals surface area contributed by atoms with Crippen LogP contribution in [0.3, 0.4) is 0 Å². The van der Waals surface area contributed by atoms with Crippen LogP contribution in [0.25, 0.3) is 5.69 Å². The van der Waals surface area contributed by atoms with Gasteiger partial charge in [0.05, 0.1) is 17.9 Å². The van der Waals surface area contributed by atoms with Crippen molar-refractivity contribution < 1.29 is 4.79 Å². The van der Waals surface area contributed by atoms with Gasteiger partial charge in [-0.05, 0) is 30.5 Å². The van der Waals surface area contributed by atoms with E-state index in [0.717, 1.165) is 10.6 Å². The Hall–Kier alpha value is -2.34. The highest BCUT2D eigenvalue weighted by Gasteiger charge is 2.11. The maximum Gasteiger partial charge on any atom is 0.242 e. The molecule has 3 heterocycles. The fourth-order valence-electron chi connectivity index (χ4n) is 2.12. The topological polar surface area (TPSA) is 51.9 Å². The third-order valence-electron chi connectivity index (χ3n) is 3.18. The van der Waals surface area contributed by atoms with Gasteiger partial charge in [0.2, 0.25) is 5.91 Å². The fraction of sp³-hybridized carbons (Fsp3) is 0.200. The average molecular weight is 300 g/mol. The summed E-state index contributed by atoms with van der Waals surface area (Å²) in [5.41, 5.74) is 0.944. The molecule has 0 aliphatic rings. The molecule has 5 nitrogen and oxygen atoms in total. The number of carbonyl (C=O) groups is 1. The van der Waals surface area contributed by atoms with Crippen LogP contribution in [0.2, 0.25) is 0 Å². The zero-order valence-corrected chi connectivity index (χ0v) is 12.5. The summed E-state index contributed by atoms with van der Waals surface area (Å²) in [5, 5.41) is 9.21. The second-order valence-electron chi connectivity index (χ2n) is 4.79. The molecule has 0 spiro atoms. The summed E-state index contributed by atoms with van der Waals surface area (Å²) < 4.78 is 3.60. The van der Waals surface area contributed by atoms with Crippen LogP contribution in [-0.2, 0) is 11.3 Å². The molecule has 3 aromatic heterocycles. The van der Waals surface area contributed by atoms with Crippen LogP contribution in [0.1, 0.15) is 17.8 Å². The molecule has 0 aliphatic carbocycles. The molecular formula is C15H16N4OS. The summed E-state index contributed by atoms with van der Waals surface area (Å²) >= 11 is 1.64. The highest BCUT2D eigenvalue weighted by Crippen LogP contribution is 2.17. The molecule has 1 atom stereocenters. The first kappa shape index (κ1) is 13.6. The van der Waals surface area contributed by atoms with Crippen molar-refractivity contribution in [2.75, 3.05) is 0 Å². The van der Waals surface area contributed by atoms with Gasteiger partial charge in [-0.3, -0.25) is 9.48 Å². The molecule has 0 bridgehead atoms. The number of rotatable bonds is 5.